The minimum absolute atomic E-state index is 0.140. The van der Waals surface area contributed by atoms with Crippen LogP contribution in [0.1, 0.15) is 12.8 Å². The molecule has 1 rings (SSSR count). The summed E-state index contributed by atoms with van der Waals surface area (Å²) in [5.74, 6) is -3.11. The molecule has 100 valence electrons. The maximum atomic E-state index is 12.0. The Kier molecular flexibility index (Phi) is 4.64. The van der Waals surface area contributed by atoms with Crippen molar-refractivity contribution in [1.29, 1.82) is 0 Å². The predicted octanol–water partition coefficient (Wildman–Crippen LogP) is -2.09. The number of primary amides is 1. The first kappa shape index (κ1) is 13.9. The Bertz CT molecular complexity index is 356. The minimum Gasteiger partial charge on any atom is -0.480 e. The molecule has 0 spiro atoms. The third kappa shape index (κ3) is 4.04. The number of carbonyl (C=O) groups excluding carboxylic acids is 3. The lowest BCUT2D eigenvalue weighted by Crippen LogP contribution is -2.48. The number of piperidine rings is 1. The van der Waals surface area contributed by atoms with Gasteiger partial charge in [-0.1, -0.05) is 0 Å². The van der Waals surface area contributed by atoms with Crippen molar-refractivity contribution in [3.8, 4) is 0 Å². The zero-order chi connectivity index (χ0) is 13.7. The molecule has 0 bridgehead atoms. The van der Waals surface area contributed by atoms with Gasteiger partial charge in [-0.15, -0.1) is 0 Å². The smallest absolute Gasteiger partial charge is 0.323 e. The summed E-state index contributed by atoms with van der Waals surface area (Å²) in [4.78, 5) is 45.2. The molecular weight excluding hydrogens is 242 g/mol. The van der Waals surface area contributed by atoms with Crippen molar-refractivity contribution in [2.24, 2.45) is 11.7 Å². The molecule has 8 nitrogen and oxygen atoms in total. The van der Waals surface area contributed by atoms with Gasteiger partial charge in [-0.25, -0.2) is 0 Å². The molecule has 0 aromatic heterocycles. The maximum Gasteiger partial charge on any atom is 0.323 e. The van der Waals surface area contributed by atoms with Crippen molar-refractivity contribution in [2.45, 2.75) is 12.8 Å². The summed E-state index contributed by atoms with van der Waals surface area (Å²) in [6, 6.07) is 0. The molecule has 0 radical (unpaired) electrons. The molecule has 0 saturated carbocycles. The summed E-state index contributed by atoms with van der Waals surface area (Å²) >= 11 is 0. The topological polar surface area (TPSA) is 130 Å². The van der Waals surface area contributed by atoms with Crippen LogP contribution in [0, 0.1) is 5.92 Å². The number of carbonyl (C=O) groups is 4. The average Bonchev–Trinajstić information content (AvgIpc) is 2.27. The number of nitrogens with zero attached hydrogens (tertiary/aromatic N) is 1. The molecule has 1 saturated heterocycles. The van der Waals surface area contributed by atoms with Crippen LogP contribution in [-0.2, 0) is 19.2 Å². The van der Waals surface area contributed by atoms with Crippen molar-refractivity contribution in [2.75, 3.05) is 19.6 Å². The molecule has 3 amide bonds. The van der Waals surface area contributed by atoms with Crippen LogP contribution in [0.25, 0.3) is 0 Å². The highest BCUT2D eigenvalue weighted by molar-refractivity contribution is 5.89. The van der Waals surface area contributed by atoms with Crippen LogP contribution in [0.5, 0.6) is 0 Å². The number of hydrogen-bond acceptors (Lipinski definition) is 4. The normalized spacial score (nSPS) is 18.9. The Labute approximate surface area is 103 Å². The molecule has 4 N–H and O–H groups in total. The van der Waals surface area contributed by atoms with Gasteiger partial charge in [0, 0.05) is 13.0 Å². The standard InChI is InChI=1S/C10H15N3O5/c11-7(14)4-13(5-9(16)17)10(18)6-1-2-8(15)12-3-6/h6H,1-5H2,(H2,11,14)(H,12,15)(H,16,17). The SMILES string of the molecule is NC(=O)CN(CC(=O)O)C(=O)C1CCC(=O)NC1. The van der Waals surface area contributed by atoms with E-state index in [1.54, 1.807) is 0 Å². The van der Waals surface area contributed by atoms with Gasteiger partial charge in [0.25, 0.3) is 0 Å². The molecule has 1 aliphatic heterocycles. The molecular formula is C10H15N3O5. The van der Waals surface area contributed by atoms with Crippen LogP contribution in [0.2, 0.25) is 0 Å². The number of carboxylic acids is 1. The van der Waals surface area contributed by atoms with E-state index in [2.05, 4.69) is 5.32 Å². The second kappa shape index (κ2) is 5.99. The summed E-state index contributed by atoms with van der Waals surface area (Å²) in [5, 5.41) is 11.2. The molecule has 1 unspecified atom stereocenters. The third-order valence-corrected chi connectivity index (χ3v) is 2.60. The fourth-order valence-electron chi connectivity index (χ4n) is 1.76. The largest absolute Gasteiger partial charge is 0.480 e. The van der Waals surface area contributed by atoms with Gasteiger partial charge in [-0.2, -0.15) is 0 Å². The Morgan fingerprint density at radius 1 is 1.39 bits per heavy atom. The van der Waals surface area contributed by atoms with Gasteiger partial charge in [0.1, 0.15) is 6.54 Å². The van der Waals surface area contributed by atoms with E-state index < -0.39 is 36.8 Å². The highest BCUT2D eigenvalue weighted by Crippen LogP contribution is 2.14. The molecule has 8 heteroatoms. The molecule has 1 aliphatic rings. The maximum absolute atomic E-state index is 12.0. The van der Waals surface area contributed by atoms with Crippen LogP contribution >= 0.6 is 0 Å². The molecule has 0 aromatic rings. The van der Waals surface area contributed by atoms with Gasteiger partial charge in [-0.3, -0.25) is 19.2 Å². The predicted molar refractivity (Wildman–Crippen MR) is 59.1 cm³/mol. The van der Waals surface area contributed by atoms with E-state index in [1.165, 1.54) is 0 Å². The first-order valence-corrected chi connectivity index (χ1v) is 5.45. The molecule has 0 aromatic carbocycles. The number of nitrogens with two attached hydrogens (primary N) is 1. The molecule has 0 aliphatic carbocycles. The summed E-state index contributed by atoms with van der Waals surface area (Å²) in [6.45, 7) is -0.853. The number of aliphatic carboxylic acids is 1. The Morgan fingerprint density at radius 2 is 2.06 bits per heavy atom. The summed E-state index contributed by atoms with van der Waals surface area (Å²) in [5.41, 5.74) is 4.96. The van der Waals surface area contributed by atoms with Gasteiger partial charge >= 0.3 is 5.97 Å². The third-order valence-electron chi connectivity index (χ3n) is 2.60. The van der Waals surface area contributed by atoms with E-state index in [0.29, 0.717) is 6.42 Å². The Morgan fingerprint density at radius 3 is 2.50 bits per heavy atom. The quantitative estimate of drug-likeness (QED) is 0.520. The van der Waals surface area contributed by atoms with Gasteiger partial charge in [0.15, 0.2) is 0 Å². The summed E-state index contributed by atoms with van der Waals surface area (Å²) in [6.07, 6.45) is 0.563. The second-order valence-electron chi connectivity index (χ2n) is 4.09. The van der Waals surface area contributed by atoms with E-state index in [4.69, 9.17) is 10.8 Å². The average molecular weight is 257 g/mol. The first-order chi connectivity index (χ1) is 8.40. The number of nitrogens with one attached hydrogen (secondary N) is 1. The number of carboxylic acid groups (broad SMARTS) is 1. The minimum atomic E-state index is -1.22. The van der Waals surface area contributed by atoms with Crippen molar-refractivity contribution < 1.29 is 24.3 Å². The van der Waals surface area contributed by atoms with Crippen LogP contribution in [-0.4, -0.2) is 53.3 Å². The second-order valence-corrected chi connectivity index (χ2v) is 4.09. The fraction of sp³-hybridized carbons (Fsp3) is 0.600. The van der Waals surface area contributed by atoms with Crippen LogP contribution in [0.15, 0.2) is 0 Å². The van der Waals surface area contributed by atoms with Crippen molar-refractivity contribution in [3.63, 3.8) is 0 Å². The first-order valence-electron chi connectivity index (χ1n) is 5.45. The highest BCUT2D eigenvalue weighted by Gasteiger charge is 2.29. The van der Waals surface area contributed by atoms with Crippen molar-refractivity contribution in [3.05, 3.63) is 0 Å². The molecule has 1 heterocycles. The Balaban J connectivity index is 2.65. The lowest BCUT2D eigenvalue weighted by Gasteiger charge is -2.27. The van der Waals surface area contributed by atoms with E-state index in [0.717, 1.165) is 4.90 Å². The van der Waals surface area contributed by atoms with E-state index in [1.807, 2.05) is 0 Å². The van der Waals surface area contributed by atoms with Crippen LogP contribution in [0.3, 0.4) is 0 Å². The number of hydrogen-bond donors (Lipinski definition) is 3. The Hall–Kier alpha value is -2.12. The van der Waals surface area contributed by atoms with E-state index in [9.17, 15) is 19.2 Å². The lowest BCUT2D eigenvalue weighted by atomic mass is 9.97. The summed E-state index contributed by atoms with van der Waals surface area (Å²) < 4.78 is 0. The number of amides is 3. The van der Waals surface area contributed by atoms with Crippen molar-refractivity contribution in [1.82, 2.24) is 10.2 Å². The van der Waals surface area contributed by atoms with Gasteiger partial charge in [0.2, 0.25) is 17.7 Å². The zero-order valence-electron chi connectivity index (χ0n) is 9.72. The van der Waals surface area contributed by atoms with Crippen LogP contribution < -0.4 is 11.1 Å². The molecule has 1 fully saturated rings. The molecule has 1 atom stereocenters. The fourth-order valence-corrected chi connectivity index (χ4v) is 1.76. The van der Waals surface area contributed by atoms with E-state index in [-0.39, 0.29) is 18.9 Å². The van der Waals surface area contributed by atoms with Crippen molar-refractivity contribution >= 4 is 23.7 Å². The number of rotatable bonds is 5. The van der Waals surface area contributed by atoms with E-state index >= 15 is 0 Å². The van der Waals surface area contributed by atoms with Gasteiger partial charge in [-0.05, 0) is 6.42 Å². The monoisotopic (exact) mass is 257 g/mol. The molecule has 18 heavy (non-hydrogen) atoms. The highest BCUT2D eigenvalue weighted by atomic mass is 16.4. The van der Waals surface area contributed by atoms with Crippen LogP contribution in [0.4, 0.5) is 0 Å². The van der Waals surface area contributed by atoms with Gasteiger partial charge in [0.05, 0.1) is 12.5 Å². The lowest BCUT2D eigenvalue weighted by molar-refractivity contribution is -0.148. The summed E-state index contributed by atoms with van der Waals surface area (Å²) in [7, 11) is 0. The van der Waals surface area contributed by atoms with Gasteiger partial charge < -0.3 is 21.1 Å². The zero-order valence-corrected chi connectivity index (χ0v) is 9.72.